The van der Waals surface area contributed by atoms with E-state index in [2.05, 4.69) is 40.1 Å². The number of nitrogens with zero attached hydrogens (tertiary/aromatic N) is 2. The van der Waals surface area contributed by atoms with Crippen molar-refractivity contribution in [1.82, 2.24) is 9.80 Å². The molecule has 6 nitrogen and oxygen atoms in total. The van der Waals surface area contributed by atoms with Crippen LogP contribution in [0.2, 0.25) is 0 Å². The zero-order valence-electron chi connectivity index (χ0n) is 17.2. The Hall–Kier alpha value is -1.92. The van der Waals surface area contributed by atoms with Crippen LogP contribution in [-0.4, -0.2) is 70.2 Å². The van der Waals surface area contributed by atoms with Crippen molar-refractivity contribution in [2.75, 3.05) is 26.2 Å². The molecule has 2 saturated carbocycles. The molecule has 0 amide bonds. The topological polar surface area (TPSA) is 81.1 Å². The number of rotatable bonds is 3. The molecule has 0 spiro atoms. The molecule has 1 aliphatic heterocycles. The fraction of sp³-hybridized carbons (Fsp3) is 0.652. The number of carboxylic acid groups (broad SMARTS) is 2. The minimum absolute atomic E-state index is 0.812. The quantitative estimate of drug-likeness (QED) is 0.754. The SMILES string of the molecule is O=C(O)C(=O)O.c1ccc(C2CCC(N3CCN(C4CCCC4)CC3)CC2)cc1. The minimum atomic E-state index is -1.82. The van der Waals surface area contributed by atoms with Crippen molar-refractivity contribution in [3.63, 3.8) is 0 Å². The highest BCUT2D eigenvalue weighted by Crippen LogP contribution is 2.35. The van der Waals surface area contributed by atoms with Crippen molar-refractivity contribution in [3.05, 3.63) is 35.9 Å². The molecular formula is C23H34N2O4. The molecule has 3 fully saturated rings. The predicted octanol–water partition coefficient (Wildman–Crippen LogP) is 3.43. The van der Waals surface area contributed by atoms with E-state index in [1.54, 1.807) is 5.56 Å². The van der Waals surface area contributed by atoms with Gasteiger partial charge in [-0.2, -0.15) is 0 Å². The first-order valence-corrected chi connectivity index (χ1v) is 11.0. The lowest BCUT2D eigenvalue weighted by Gasteiger charge is -2.43. The summed E-state index contributed by atoms with van der Waals surface area (Å²) < 4.78 is 0. The van der Waals surface area contributed by atoms with E-state index in [1.807, 2.05) is 0 Å². The van der Waals surface area contributed by atoms with Crippen LogP contribution < -0.4 is 0 Å². The normalized spacial score (nSPS) is 26.5. The van der Waals surface area contributed by atoms with Crippen LogP contribution in [0.15, 0.2) is 30.3 Å². The lowest BCUT2D eigenvalue weighted by Crippen LogP contribution is -2.53. The molecule has 0 bridgehead atoms. The highest BCUT2D eigenvalue weighted by Gasteiger charge is 2.31. The summed E-state index contributed by atoms with van der Waals surface area (Å²) >= 11 is 0. The summed E-state index contributed by atoms with van der Waals surface area (Å²) in [6, 6.07) is 13.0. The third-order valence-corrected chi connectivity index (χ3v) is 6.86. The molecule has 2 aliphatic carbocycles. The standard InChI is InChI=1S/C21H32N2.C2H2O4/c1-2-6-18(7-3-1)19-10-12-21(13-11-19)23-16-14-22(15-17-23)20-8-4-5-9-20;3-1(4)2(5)6/h1-3,6-7,19-21H,4-5,8-17H2;(H,3,4)(H,5,6). The van der Waals surface area contributed by atoms with Crippen LogP contribution in [0.5, 0.6) is 0 Å². The molecule has 29 heavy (non-hydrogen) atoms. The molecule has 6 heteroatoms. The number of piperazine rings is 1. The fourth-order valence-corrected chi connectivity index (χ4v) is 5.24. The summed E-state index contributed by atoms with van der Waals surface area (Å²) in [6.45, 7) is 5.28. The zero-order chi connectivity index (χ0) is 20.6. The summed E-state index contributed by atoms with van der Waals surface area (Å²) in [5.74, 6) is -2.84. The van der Waals surface area contributed by atoms with Gasteiger partial charge in [-0.25, -0.2) is 9.59 Å². The van der Waals surface area contributed by atoms with E-state index in [1.165, 1.54) is 77.5 Å². The van der Waals surface area contributed by atoms with Crippen molar-refractivity contribution in [1.29, 1.82) is 0 Å². The van der Waals surface area contributed by atoms with Gasteiger partial charge in [-0.15, -0.1) is 0 Å². The Labute approximate surface area is 173 Å². The van der Waals surface area contributed by atoms with Crippen LogP contribution in [0, 0.1) is 0 Å². The van der Waals surface area contributed by atoms with Gasteiger partial charge in [0.05, 0.1) is 0 Å². The van der Waals surface area contributed by atoms with Crippen LogP contribution in [0.25, 0.3) is 0 Å². The number of benzene rings is 1. The van der Waals surface area contributed by atoms with Crippen LogP contribution in [0.3, 0.4) is 0 Å². The van der Waals surface area contributed by atoms with Gasteiger partial charge < -0.3 is 10.2 Å². The van der Waals surface area contributed by atoms with E-state index >= 15 is 0 Å². The van der Waals surface area contributed by atoms with E-state index < -0.39 is 11.9 Å². The molecule has 0 radical (unpaired) electrons. The lowest BCUT2D eigenvalue weighted by atomic mass is 9.81. The van der Waals surface area contributed by atoms with Gasteiger partial charge >= 0.3 is 11.9 Å². The first-order valence-electron chi connectivity index (χ1n) is 11.0. The predicted molar refractivity (Wildman–Crippen MR) is 112 cm³/mol. The number of aliphatic carboxylic acids is 2. The summed E-state index contributed by atoms with van der Waals surface area (Å²) in [5.41, 5.74) is 1.57. The summed E-state index contributed by atoms with van der Waals surface area (Å²) in [4.78, 5) is 23.8. The number of carbonyl (C=O) groups is 2. The average molecular weight is 403 g/mol. The van der Waals surface area contributed by atoms with Gasteiger partial charge in [0.2, 0.25) is 0 Å². The first-order chi connectivity index (χ1) is 14.0. The molecular weight excluding hydrogens is 368 g/mol. The molecule has 4 rings (SSSR count). The molecule has 1 aromatic carbocycles. The van der Waals surface area contributed by atoms with Gasteiger partial charge in [0.25, 0.3) is 0 Å². The van der Waals surface area contributed by atoms with E-state index in [4.69, 9.17) is 19.8 Å². The maximum absolute atomic E-state index is 9.10. The van der Waals surface area contributed by atoms with E-state index in [0.717, 1.165) is 18.0 Å². The van der Waals surface area contributed by atoms with Gasteiger partial charge in [0.15, 0.2) is 0 Å². The Bertz CT molecular complexity index is 632. The smallest absolute Gasteiger partial charge is 0.414 e. The van der Waals surface area contributed by atoms with Crippen molar-refractivity contribution >= 4 is 11.9 Å². The third-order valence-electron chi connectivity index (χ3n) is 6.86. The Morgan fingerprint density at radius 3 is 1.59 bits per heavy atom. The van der Waals surface area contributed by atoms with Gasteiger partial charge in [0, 0.05) is 38.3 Å². The van der Waals surface area contributed by atoms with Crippen LogP contribution in [0.1, 0.15) is 62.8 Å². The second kappa shape index (κ2) is 10.7. The monoisotopic (exact) mass is 402 g/mol. The molecule has 0 atom stereocenters. The molecule has 3 aliphatic rings. The molecule has 1 aromatic rings. The van der Waals surface area contributed by atoms with E-state index in [0.29, 0.717) is 0 Å². The van der Waals surface area contributed by atoms with Crippen molar-refractivity contribution < 1.29 is 19.8 Å². The van der Waals surface area contributed by atoms with E-state index in [-0.39, 0.29) is 0 Å². The van der Waals surface area contributed by atoms with Crippen LogP contribution in [0.4, 0.5) is 0 Å². The second-order valence-corrected chi connectivity index (χ2v) is 8.54. The lowest BCUT2D eigenvalue weighted by molar-refractivity contribution is -0.159. The highest BCUT2D eigenvalue weighted by atomic mass is 16.4. The Balaban J connectivity index is 0.000000353. The maximum atomic E-state index is 9.10. The molecule has 1 heterocycles. The minimum Gasteiger partial charge on any atom is -0.473 e. The Morgan fingerprint density at radius 2 is 1.14 bits per heavy atom. The average Bonchev–Trinajstić information content (AvgIpc) is 3.30. The Morgan fingerprint density at radius 1 is 0.690 bits per heavy atom. The molecule has 0 aromatic heterocycles. The highest BCUT2D eigenvalue weighted by molar-refractivity contribution is 6.27. The van der Waals surface area contributed by atoms with Gasteiger partial charge in [0.1, 0.15) is 0 Å². The molecule has 160 valence electrons. The van der Waals surface area contributed by atoms with Gasteiger partial charge in [-0.3, -0.25) is 9.80 Å². The van der Waals surface area contributed by atoms with Gasteiger partial charge in [-0.05, 0) is 50.0 Å². The van der Waals surface area contributed by atoms with Crippen molar-refractivity contribution in [3.8, 4) is 0 Å². The zero-order valence-corrected chi connectivity index (χ0v) is 17.2. The van der Waals surface area contributed by atoms with Gasteiger partial charge in [-0.1, -0.05) is 43.2 Å². The van der Waals surface area contributed by atoms with Crippen LogP contribution >= 0.6 is 0 Å². The third kappa shape index (κ3) is 6.28. The molecule has 1 saturated heterocycles. The number of carboxylic acids is 2. The summed E-state index contributed by atoms with van der Waals surface area (Å²) in [6.07, 6.45) is 11.4. The van der Waals surface area contributed by atoms with E-state index in [9.17, 15) is 0 Å². The number of hydrogen-bond donors (Lipinski definition) is 2. The van der Waals surface area contributed by atoms with Crippen LogP contribution in [-0.2, 0) is 9.59 Å². The summed E-state index contributed by atoms with van der Waals surface area (Å²) in [7, 11) is 0. The first kappa shape index (κ1) is 21.8. The Kier molecular flexibility index (Phi) is 8.07. The van der Waals surface area contributed by atoms with Crippen molar-refractivity contribution in [2.24, 2.45) is 0 Å². The molecule has 2 N–H and O–H groups in total. The molecule has 0 unspecified atom stereocenters. The number of hydrogen-bond acceptors (Lipinski definition) is 4. The fourth-order valence-electron chi connectivity index (χ4n) is 5.24. The summed E-state index contributed by atoms with van der Waals surface area (Å²) in [5, 5.41) is 14.8. The maximum Gasteiger partial charge on any atom is 0.414 e. The second-order valence-electron chi connectivity index (χ2n) is 8.54. The van der Waals surface area contributed by atoms with Crippen molar-refractivity contribution in [2.45, 2.75) is 69.4 Å². The largest absolute Gasteiger partial charge is 0.473 e.